The summed E-state index contributed by atoms with van der Waals surface area (Å²) >= 11 is 9.44. The van der Waals surface area contributed by atoms with Crippen LogP contribution in [-0.2, 0) is 0 Å². The Hall–Kier alpha value is -1.07. The number of benzene rings is 2. The summed E-state index contributed by atoms with van der Waals surface area (Å²) in [5, 5.41) is 0.698. The number of hydrogen-bond acceptors (Lipinski definition) is 3. The van der Waals surface area contributed by atoms with Crippen molar-refractivity contribution in [1.82, 2.24) is 5.43 Å². The van der Waals surface area contributed by atoms with Gasteiger partial charge in [-0.1, -0.05) is 39.7 Å². The zero-order valence-corrected chi connectivity index (χ0v) is 12.7. The zero-order chi connectivity index (χ0) is 13.8. The molecule has 1 unspecified atom stereocenters. The second-order valence-electron chi connectivity index (χ2n) is 4.04. The molecule has 0 heterocycles. The van der Waals surface area contributed by atoms with Gasteiger partial charge in [0.2, 0.25) is 0 Å². The molecule has 0 saturated heterocycles. The molecule has 19 heavy (non-hydrogen) atoms. The van der Waals surface area contributed by atoms with Crippen LogP contribution >= 0.6 is 27.5 Å². The lowest BCUT2D eigenvalue weighted by atomic mass is 9.99. The van der Waals surface area contributed by atoms with Crippen molar-refractivity contribution in [2.24, 2.45) is 5.84 Å². The molecule has 0 aliphatic heterocycles. The smallest absolute Gasteiger partial charge is 0.119 e. The summed E-state index contributed by atoms with van der Waals surface area (Å²) in [6, 6.07) is 13.2. The summed E-state index contributed by atoms with van der Waals surface area (Å²) < 4.78 is 6.21. The van der Waals surface area contributed by atoms with Gasteiger partial charge < -0.3 is 4.74 Å². The van der Waals surface area contributed by atoms with Gasteiger partial charge in [0.05, 0.1) is 13.2 Å². The number of rotatable bonds is 4. The van der Waals surface area contributed by atoms with Crippen molar-refractivity contribution in [2.45, 2.75) is 6.04 Å². The third kappa shape index (κ3) is 3.28. The Balaban J connectivity index is 2.44. The molecule has 2 aromatic rings. The molecule has 0 amide bonds. The lowest BCUT2D eigenvalue weighted by molar-refractivity contribution is 0.413. The van der Waals surface area contributed by atoms with E-state index in [0.29, 0.717) is 5.02 Å². The van der Waals surface area contributed by atoms with Gasteiger partial charge in [-0.15, -0.1) is 0 Å². The van der Waals surface area contributed by atoms with Crippen LogP contribution in [0, 0.1) is 0 Å². The zero-order valence-electron chi connectivity index (χ0n) is 10.4. The van der Waals surface area contributed by atoms with E-state index >= 15 is 0 Å². The van der Waals surface area contributed by atoms with Crippen LogP contribution in [0.5, 0.6) is 5.75 Å². The van der Waals surface area contributed by atoms with Gasteiger partial charge in [0.1, 0.15) is 5.75 Å². The summed E-state index contributed by atoms with van der Waals surface area (Å²) in [5.74, 6) is 6.48. The Kier molecular flexibility index (Phi) is 4.82. The molecule has 0 fully saturated rings. The van der Waals surface area contributed by atoms with Gasteiger partial charge in [-0.05, 0) is 41.5 Å². The molecule has 0 aliphatic carbocycles. The molecule has 3 N–H and O–H groups in total. The molecule has 0 saturated carbocycles. The molecule has 0 aliphatic rings. The molecule has 100 valence electrons. The second-order valence-corrected chi connectivity index (χ2v) is 5.33. The minimum absolute atomic E-state index is 0.137. The highest BCUT2D eigenvalue weighted by molar-refractivity contribution is 9.10. The summed E-state index contributed by atoms with van der Waals surface area (Å²) in [6.07, 6.45) is 0. The van der Waals surface area contributed by atoms with E-state index in [1.807, 2.05) is 42.5 Å². The van der Waals surface area contributed by atoms with E-state index < -0.39 is 0 Å². The molecule has 2 rings (SSSR count). The van der Waals surface area contributed by atoms with Crippen LogP contribution in [-0.4, -0.2) is 7.11 Å². The largest absolute Gasteiger partial charge is 0.497 e. The molecule has 5 heteroatoms. The molecular weight excluding hydrogens is 328 g/mol. The monoisotopic (exact) mass is 340 g/mol. The fraction of sp³-hybridized carbons (Fsp3) is 0.143. The highest BCUT2D eigenvalue weighted by Gasteiger charge is 2.16. The average Bonchev–Trinajstić information content (AvgIpc) is 2.43. The van der Waals surface area contributed by atoms with Gasteiger partial charge in [-0.25, -0.2) is 5.43 Å². The van der Waals surface area contributed by atoms with Gasteiger partial charge in [0.25, 0.3) is 0 Å². The Morgan fingerprint density at radius 3 is 2.47 bits per heavy atom. The summed E-state index contributed by atoms with van der Waals surface area (Å²) in [5.41, 5.74) is 4.85. The van der Waals surface area contributed by atoms with Crippen LogP contribution in [0.25, 0.3) is 0 Å². The maximum absolute atomic E-state index is 5.90. The summed E-state index contributed by atoms with van der Waals surface area (Å²) in [7, 11) is 1.64. The van der Waals surface area contributed by atoms with Gasteiger partial charge in [-0.3, -0.25) is 5.84 Å². The van der Waals surface area contributed by atoms with E-state index in [2.05, 4.69) is 21.4 Å². The van der Waals surface area contributed by atoms with Gasteiger partial charge in [0.15, 0.2) is 0 Å². The Morgan fingerprint density at radius 1 is 1.21 bits per heavy atom. The van der Waals surface area contributed by atoms with Gasteiger partial charge >= 0.3 is 0 Å². The molecule has 2 aromatic carbocycles. The first-order chi connectivity index (χ1) is 9.15. The second kappa shape index (κ2) is 6.39. The molecule has 3 nitrogen and oxygen atoms in total. The van der Waals surface area contributed by atoms with Crippen LogP contribution in [0.3, 0.4) is 0 Å². The minimum Gasteiger partial charge on any atom is -0.497 e. The lowest BCUT2D eigenvalue weighted by Gasteiger charge is -2.19. The van der Waals surface area contributed by atoms with Crippen molar-refractivity contribution in [1.29, 1.82) is 0 Å². The van der Waals surface area contributed by atoms with Crippen molar-refractivity contribution in [3.05, 3.63) is 63.1 Å². The molecule has 1 atom stereocenters. The quantitative estimate of drug-likeness (QED) is 0.659. The minimum atomic E-state index is -0.137. The first-order valence-corrected chi connectivity index (χ1v) is 6.88. The first-order valence-electron chi connectivity index (χ1n) is 5.70. The fourth-order valence-electron chi connectivity index (χ4n) is 1.89. The predicted molar refractivity (Wildman–Crippen MR) is 81.3 cm³/mol. The van der Waals surface area contributed by atoms with Crippen molar-refractivity contribution >= 4 is 27.5 Å². The number of nitrogens with one attached hydrogen (secondary N) is 1. The highest BCUT2D eigenvalue weighted by atomic mass is 79.9. The summed E-state index contributed by atoms with van der Waals surface area (Å²) in [4.78, 5) is 0. The van der Waals surface area contributed by atoms with E-state index in [1.165, 1.54) is 0 Å². The molecule has 0 radical (unpaired) electrons. The van der Waals surface area contributed by atoms with Crippen LogP contribution in [0.15, 0.2) is 46.9 Å². The van der Waals surface area contributed by atoms with Crippen molar-refractivity contribution in [3.63, 3.8) is 0 Å². The Bertz CT molecular complexity index is 560. The normalized spacial score (nSPS) is 12.2. The van der Waals surface area contributed by atoms with Crippen molar-refractivity contribution < 1.29 is 4.74 Å². The van der Waals surface area contributed by atoms with E-state index in [0.717, 1.165) is 21.3 Å². The maximum atomic E-state index is 5.90. The van der Waals surface area contributed by atoms with Gasteiger partial charge in [-0.2, -0.15) is 0 Å². The number of hydrazine groups is 1. The predicted octanol–water partition coefficient (Wildman–Crippen LogP) is 3.66. The first kappa shape index (κ1) is 14.3. The number of methoxy groups -OCH3 is 1. The highest BCUT2D eigenvalue weighted by Crippen LogP contribution is 2.31. The van der Waals surface area contributed by atoms with Crippen LogP contribution < -0.4 is 16.0 Å². The topological polar surface area (TPSA) is 47.3 Å². The molecule has 0 aromatic heterocycles. The molecule has 0 bridgehead atoms. The maximum Gasteiger partial charge on any atom is 0.119 e. The van der Waals surface area contributed by atoms with E-state index in [1.54, 1.807) is 7.11 Å². The van der Waals surface area contributed by atoms with Crippen molar-refractivity contribution in [2.75, 3.05) is 7.11 Å². The van der Waals surface area contributed by atoms with E-state index in [9.17, 15) is 0 Å². The number of halogens is 2. The molecular formula is C14H14BrClN2O. The molecule has 0 spiro atoms. The third-order valence-corrected chi connectivity index (χ3v) is 3.86. The lowest BCUT2D eigenvalue weighted by Crippen LogP contribution is -2.29. The average molecular weight is 342 g/mol. The van der Waals surface area contributed by atoms with E-state index in [-0.39, 0.29) is 6.04 Å². The van der Waals surface area contributed by atoms with Crippen LogP contribution in [0.2, 0.25) is 5.02 Å². The van der Waals surface area contributed by atoms with E-state index in [4.69, 9.17) is 22.2 Å². The summed E-state index contributed by atoms with van der Waals surface area (Å²) in [6.45, 7) is 0. The standard InChI is InChI=1S/C14H14BrClN2O/c1-19-11-6-7-13(15)12(8-11)14(18-17)9-2-4-10(16)5-3-9/h2-8,14,18H,17H2,1H3. The van der Waals surface area contributed by atoms with Crippen LogP contribution in [0.1, 0.15) is 17.2 Å². The number of ether oxygens (including phenoxy) is 1. The van der Waals surface area contributed by atoms with Crippen LogP contribution in [0.4, 0.5) is 0 Å². The SMILES string of the molecule is COc1ccc(Br)c(C(NN)c2ccc(Cl)cc2)c1. The number of nitrogens with two attached hydrogens (primary N) is 1. The van der Waals surface area contributed by atoms with Gasteiger partial charge in [0, 0.05) is 9.50 Å². The fourth-order valence-corrected chi connectivity index (χ4v) is 2.49. The Labute approximate surface area is 125 Å². The Morgan fingerprint density at radius 2 is 1.89 bits per heavy atom. The number of hydrogen-bond donors (Lipinski definition) is 2. The third-order valence-electron chi connectivity index (χ3n) is 2.88. The van der Waals surface area contributed by atoms with Crippen molar-refractivity contribution in [3.8, 4) is 5.75 Å².